The van der Waals surface area contributed by atoms with Crippen LogP contribution in [-0.4, -0.2) is 39.6 Å². The maximum Gasteiger partial charge on any atom is 0.160 e. The molecule has 24 heavy (non-hydrogen) atoms. The Hall–Kier alpha value is -2.40. The topological polar surface area (TPSA) is 43.2 Å². The maximum atomic E-state index is 5.47. The van der Waals surface area contributed by atoms with Crippen molar-refractivity contribution in [3.05, 3.63) is 54.5 Å². The van der Waals surface area contributed by atoms with E-state index in [0.29, 0.717) is 6.04 Å². The average molecular weight is 322 g/mol. The second-order valence-corrected chi connectivity index (χ2v) is 6.32. The Kier molecular flexibility index (Phi) is 4.17. The molecule has 1 saturated heterocycles. The van der Waals surface area contributed by atoms with Gasteiger partial charge >= 0.3 is 0 Å². The molecule has 1 aliphatic heterocycles. The Labute approximate surface area is 141 Å². The fraction of sp³-hybridized carbons (Fsp3) is 0.368. The highest BCUT2D eigenvalue weighted by Crippen LogP contribution is 2.27. The van der Waals surface area contributed by atoms with E-state index >= 15 is 0 Å². The molecule has 0 aliphatic carbocycles. The second kappa shape index (κ2) is 6.61. The predicted octanol–water partition coefficient (Wildman–Crippen LogP) is 3.28. The maximum absolute atomic E-state index is 5.47. The summed E-state index contributed by atoms with van der Waals surface area (Å²) in [5.41, 5.74) is 3.24. The van der Waals surface area contributed by atoms with E-state index in [1.807, 2.05) is 36.8 Å². The molecule has 0 saturated carbocycles. The summed E-state index contributed by atoms with van der Waals surface area (Å²) in [4.78, 5) is 11.5. The van der Waals surface area contributed by atoms with E-state index in [0.717, 1.165) is 49.4 Å². The van der Waals surface area contributed by atoms with E-state index in [1.165, 1.54) is 5.56 Å². The van der Waals surface area contributed by atoms with Gasteiger partial charge in [0.05, 0.1) is 13.4 Å². The van der Waals surface area contributed by atoms with Gasteiger partial charge in [-0.1, -0.05) is 18.2 Å². The number of methoxy groups -OCH3 is 1. The number of fused-ring (bicyclic) bond motifs is 1. The van der Waals surface area contributed by atoms with Gasteiger partial charge in [0.15, 0.2) is 5.65 Å². The molecule has 1 fully saturated rings. The number of piperidine rings is 1. The van der Waals surface area contributed by atoms with Crippen LogP contribution in [0, 0.1) is 0 Å². The minimum absolute atomic E-state index is 0.485. The first kappa shape index (κ1) is 15.1. The third-order valence-corrected chi connectivity index (χ3v) is 4.87. The smallest absolute Gasteiger partial charge is 0.160 e. The number of ether oxygens (including phenoxy) is 1. The summed E-state index contributed by atoms with van der Waals surface area (Å²) in [6.07, 6.45) is 6.03. The Bertz CT molecular complexity index is 821. The van der Waals surface area contributed by atoms with E-state index < -0.39 is 0 Å². The van der Waals surface area contributed by atoms with Crippen molar-refractivity contribution in [1.82, 2.24) is 19.4 Å². The Balaban J connectivity index is 1.43. The van der Waals surface area contributed by atoms with Crippen molar-refractivity contribution in [3.63, 3.8) is 0 Å². The average Bonchev–Trinajstić information content (AvgIpc) is 3.07. The van der Waals surface area contributed by atoms with Crippen molar-refractivity contribution < 1.29 is 4.74 Å². The van der Waals surface area contributed by atoms with Crippen LogP contribution < -0.4 is 4.74 Å². The van der Waals surface area contributed by atoms with E-state index in [9.17, 15) is 0 Å². The standard InChI is InChI=1S/C19H22N4O/c1-24-18-7-3-2-5-15(18)13-22-11-8-16(9-12-22)23-14-21-17-6-4-10-20-19(17)23/h2-7,10,14,16H,8-9,11-13H2,1H3. The number of pyridine rings is 1. The van der Waals surface area contributed by atoms with Crippen molar-refractivity contribution in [3.8, 4) is 5.75 Å². The van der Waals surface area contributed by atoms with E-state index in [-0.39, 0.29) is 0 Å². The molecule has 1 aromatic carbocycles. The van der Waals surface area contributed by atoms with Crippen LogP contribution in [0.15, 0.2) is 48.9 Å². The lowest BCUT2D eigenvalue weighted by atomic mass is 10.0. The number of imidazole rings is 1. The minimum atomic E-state index is 0.485. The van der Waals surface area contributed by atoms with E-state index in [1.54, 1.807) is 7.11 Å². The summed E-state index contributed by atoms with van der Waals surface area (Å²) in [6, 6.07) is 12.7. The molecule has 0 unspecified atom stereocenters. The number of likely N-dealkylation sites (tertiary alicyclic amines) is 1. The Morgan fingerprint density at radius 2 is 1.92 bits per heavy atom. The minimum Gasteiger partial charge on any atom is -0.496 e. The van der Waals surface area contributed by atoms with Crippen LogP contribution in [0.25, 0.3) is 11.2 Å². The molecule has 0 atom stereocenters. The third kappa shape index (κ3) is 2.87. The van der Waals surface area contributed by atoms with Crippen LogP contribution in [0.4, 0.5) is 0 Å². The number of aromatic nitrogens is 3. The van der Waals surface area contributed by atoms with E-state index in [2.05, 4.69) is 31.6 Å². The van der Waals surface area contributed by atoms with Gasteiger partial charge in [-0.3, -0.25) is 4.90 Å². The highest BCUT2D eigenvalue weighted by Gasteiger charge is 2.22. The number of rotatable bonds is 4. The molecule has 3 heterocycles. The van der Waals surface area contributed by atoms with Crippen LogP contribution in [0.2, 0.25) is 0 Å². The molecular formula is C19H22N4O. The first-order valence-electron chi connectivity index (χ1n) is 8.47. The summed E-state index contributed by atoms with van der Waals surface area (Å²) in [7, 11) is 1.74. The molecular weight excluding hydrogens is 300 g/mol. The zero-order valence-corrected chi connectivity index (χ0v) is 13.9. The highest BCUT2D eigenvalue weighted by molar-refractivity contribution is 5.70. The Morgan fingerprint density at radius 3 is 2.75 bits per heavy atom. The van der Waals surface area contributed by atoms with Crippen molar-refractivity contribution in [2.24, 2.45) is 0 Å². The van der Waals surface area contributed by atoms with Crippen molar-refractivity contribution in [2.45, 2.75) is 25.4 Å². The molecule has 0 bridgehead atoms. The molecule has 3 aromatic rings. The van der Waals surface area contributed by atoms with Crippen LogP contribution in [-0.2, 0) is 6.54 Å². The lowest BCUT2D eigenvalue weighted by molar-refractivity contribution is 0.179. The van der Waals surface area contributed by atoms with Gasteiger partial charge in [-0.25, -0.2) is 9.97 Å². The normalized spacial score (nSPS) is 16.5. The molecule has 0 radical (unpaired) electrons. The molecule has 124 valence electrons. The van der Waals surface area contributed by atoms with Crippen LogP contribution in [0.1, 0.15) is 24.4 Å². The lowest BCUT2D eigenvalue weighted by Gasteiger charge is -2.32. The van der Waals surface area contributed by atoms with Gasteiger partial charge in [0.25, 0.3) is 0 Å². The number of para-hydroxylation sites is 1. The number of benzene rings is 1. The number of hydrogen-bond donors (Lipinski definition) is 0. The molecule has 0 amide bonds. The molecule has 4 rings (SSSR count). The van der Waals surface area contributed by atoms with Gasteiger partial charge in [-0.2, -0.15) is 0 Å². The Morgan fingerprint density at radius 1 is 1.08 bits per heavy atom. The first-order chi connectivity index (χ1) is 11.8. The van der Waals surface area contributed by atoms with Crippen LogP contribution in [0.3, 0.4) is 0 Å². The molecule has 5 heteroatoms. The van der Waals surface area contributed by atoms with Gasteiger partial charge in [-0.15, -0.1) is 0 Å². The summed E-state index contributed by atoms with van der Waals surface area (Å²) >= 11 is 0. The monoisotopic (exact) mass is 322 g/mol. The zero-order chi connectivity index (χ0) is 16.4. The first-order valence-corrected chi connectivity index (χ1v) is 8.47. The van der Waals surface area contributed by atoms with Crippen LogP contribution >= 0.6 is 0 Å². The fourth-order valence-corrected chi connectivity index (χ4v) is 3.56. The van der Waals surface area contributed by atoms with E-state index in [4.69, 9.17) is 4.74 Å². The van der Waals surface area contributed by atoms with Gasteiger partial charge in [0.2, 0.25) is 0 Å². The summed E-state index contributed by atoms with van der Waals surface area (Å²) in [5.74, 6) is 0.976. The van der Waals surface area contributed by atoms with Crippen molar-refractivity contribution in [1.29, 1.82) is 0 Å². The highest BCUT2D eigenvalue weighted by atomic mass is 16.5. The lowest BCUT2D eigenvalue weighted by Crippen LogP contribution is -2.34. The summed E-state index contributed by atoms with van der Waals surface area (Å²) < 4.78 is 7.71. The number of nitrogens with zero attached hydrogens (tertiary/aromatic N) is 4. The molecule has 0 spiro atoms. The summed E-state index contributed by atoms with van der Waals surface area (Å²) in [5, 5.41) is 0. The third-order valence-electron chi connectivity index (χ3n) is 4.87. The summed E-state index contributed by atoms with van der Waals surface area (Å²) in [6.45, 7) is 3.10. The van der Waals surface area contributed by atoms with Crippen molar-refractivity contribution in [2.75, 3.05) is 20.2 Å². The molecule has 1 aliphatic rings. The van der Waals surface area contributed by atoms with Gasteiger partial charge < -0.3 is 9.30 Å². The molecule has 0 N–H and O–H groups in total. The number of hydrogen-bond acceptors (Lipinski definition) is 4. The molecule has 5 nitrogen and oxygen atoms in total. The zero-order valence-electron chi connectivity index (χ0n) is 13.9. The fourth-order valence-electron chi connectivity index (χ4n) is 3.56. The predicted molar refractivity (Wildman–Crippen MR) is 94.1 cm³/mol. The molecule has 2 aromatic heterocycles. The van der Waals surface area contributed by atoms with Gasteiger partial charge in [-0.05, 0) is 31.0 Å². The van der Waals surface area contributed by atoms with Crippen LogP contribution in [0.5, 0.6) is 5.75 Å². The second-order valence-electron chi connectivity index (χ2n) is 6.32. The quantitative estimate of drug-likeness (QED) is 0.739. The van der Waals surface area contributed by atoms with Gasteiger partial charge in [0.1, 0.15) is 11.3 Å². The van der Waals surface area contributed by atoms with Gasteiger partial charge in [0, 0.05) is 37.4 Å². The SMILES string of the molecule is COc1ccccc1CN1CCC(n2cnc3cccnc32)CC1. The largest absolute Gasteiger partial charge is 0.496 e. The van der Waals surface area contributed by atoms with Crippen molar-refractivity contribution >= 4 is 11.2 Å².